The molecule has 128 valence electrons. The Labute approximate surface area is 146 Å². The molecule has 0 saturated carbocycles. The van der Waals surface area contributed by atoms with Gasteiger partial charge in [0, 0.05) is 17.1 Å². The van der Waals surface area contributed by atoms with Gasteiger partial charge in [-0.2, -0.15) is 0 Å². The number of carbonyl (C=O) groups excluding carboxylic acids is 2. The van der Waals surface area contributed by atoms with Gasteiger partial charge in [-0.05, 0) is 23.6 Å². The van der Waals surface area contributed by atoms with E-state index >= 15 is 0 Å². The van der Waals surface area contributed by atoms with Crippen molar-refractivity contribution in [1.29, 1.82) is 0 Å². The summed E-state index contributed by atoms with van der Waals surface area (Å²) < 4.78 is 0. The lowest BCUT2D eigenvalue weighted by atomic mass is 10.0. The fourth-order valence-corrected chi connectivity index (χ4v) is 3.07. The number of amides is 2. The standard InChI is InChI=1S/C20H21N3O2/c1-13-6-5-9-16-15(12-22-20(13)16)10-19(25)23-17(11-18(21)24)14-7-3-2-4-8-14/h2-9,12,17,22H,10-11H2,1H3,(H2,21,24)(H,23,25)/t17-/m1/s1. The number of aromatic amines is 1. The van der Waals surface area contributed by atoms with Crippen molar-refractivity contribution in [2.75, 3.05) is 0 Å². The summed E-state index contributed by atoms with van der Waals surface area (Å²) in [6, 6.07) is 15.0. The Morgan fingerprint density at radius 1 is 1.12 bits per heavy atom. The maximum atomic E-state index is 12.5. The molecule has 0 radical (unpaired) electrons. The van der Waals surface area contributed by atoms with Gasteiger partial charge in [-0.15, -0.1) is 0 Å². The van der Waals surface area contributed by atoms with Gasteiger partial charge in [0.2, 0.25) is 11.8 Å². The van der Waals surface area contributed by atoms with E-state index in [0.717, 1.165) is 27.6 Å². The largest absolute Gasteiger partial charge is 0.370 e. The highest BCUT2D eigenvalue weighted by Crippen LogP contribution is 2.22. The minimum absolute atomic E-state index is 0.0722. The number of aryl methyl sites for hydroxylation is 1. The van der Waals surface area contributed by atoms with E-state index in [-0.39, 0.29) is 18.7 Å². The molecule has 0 bridgehead atoms. The number of aromatic nitrogens is 1. The van der Waals surface area contributed by atoms with Crippen molar-refractivity contribution in [3.63, 3.8) is 0 Å². The summed E-state index contributed by atoms with van der Waals surface area (Å²) in [6.07, 6.45) is 2.18. The molecule has 25 heavy (non-hydrogen) atoms. The average Bonchev–Trinajstić information content (AvgIpc) is 2.99. The van der Waals surface area contributed by atoms with Crippen molar-refractivity contribution >= 4 is 22.7 Å². The summed E-state index contributed by atoms with van der Waals surface area (Å²) in [7, 11) is 0. The fraction of sp³-hybridized carbons (Fsp3) is 0.200. The van der Waals surface area contributed by atoms with E-state index in [1.54, 1.807) is 0 Å². The molecular weight excluding hydrogens is 314 g/mol. The zero-order valence-corrected chi connectivity index (χ0v) is 14.1. The number of rotatable bonds is 6. The topological polar surface area (TPSA) is 88.0 Å². The molecule has 0 aliphatic heterocycles. The second-order valence-corrected chi connectivity index (χ2v) is 6.19. The van der Waals surface area contributed by atoms with Crippen molar-refractivity contribution in [1.82, 2.24) is 10.3 Å². The molecule has 0 unspecified atom stereocenters. The van der Waals surface area contributed by atoms with E-state index in [4.69, 9.17) is 5.73 Å². The first-order valence-corrected chi connectivity index (χ1v) is 8.23. The maximum Gasteiger partial charge on any atom is 0.224 e. The number of H-pyrrole nitrogens is 1. The Bertz CT molecular complexity index is 900. The summed E-state index contributed by atoms with van der Waals surface area (Å²) in [6.45, 7) is 2.03. The van der Waals surface area contributed by atoms with Crippen LogP contribution in [-0.4, -0.2) is 16.8 Å². The first-order chi connectivity index (χ1) is 12.0. The van der Waals surface area contributed by atoms with Crippen molar-refractivity contribution in [3.05, 3.63) is 71.4 Å². The quantitative estimate of drug-likeness (QED) is 0.647. The van der Waals surface area contributed by atoms with Crippen LogP contribution in [0.15, 0.2) is 54.7 Å². The predicted octanol–water partition coefficient (Wildman–Crippen LogP) is 2.75. The van der Waals surface area contributed by atoms with Gasteiger partial charge in [0.15, 0.2) is 0 Å². The van der Waals surface area contributed by atoms with Gasteiger partial charge < -0.3 is 16.0 Å². The third-order valence-corrected chi connectivity index (χ3v) is 4.30. The monoisotopic (exact) mass is 335 g/mol. The van der Waals surface area contributed by atoms with Crippen LogP contribution in [0.2, 0.25) is 0 Å². The van der Waals surface area contributed by atoms with Crippen molar-refractivity contribution in [3.8, 4) is 0 Å². The van der Waals surface area contributed by atoms with Gasteiger partial charge in [-0.1, -0.05) is 48.5 Å². The predicted molar refractivity (Wildman–Crippen MR) is 97.9 cm³/mol. The molecule has 0 spiro atoms. The Kier molecular flexibility index (Phi) is 4.84. The lowest BCUT2D eigenvalue weighted by Gasteiger charge is -2.17. The summed E-state index contributed by atoms with van der Waals surface area (Å²) in [5.74, 6) is -0.589. The molecule has 1 aromatic heterocycles. The van der Waals surface area contributed by atoms with Crippen molar-refractivity contribution < 1.29 is 9.59 Å². The van der Waals surface area contributed by atoms with Crippen LogP contribution in [0.5, 0.6) is 0 Å². The van der Waals surface area contributed by atoms with Crippen LogP contribution >= 0.6 is 0 Å². The number of hydrogen-bond acceptors (Lipinski definition) is 2. The SMILES string of the molecule is Cc1cccc2c(CC(=O)N[C@H](CC(N)=O)c3ccccc3)c[nH]c12. The normalized spacial score (nSPS) is 12.0. The van der Waals surface area contributed by atoms with E-state index in [9.17, 15) is 9.59 Å². The molecule has 4 N–H and O–H groups in total. The number of nitrogens with one attached hydrogen (secondary N) is 2. The van der Waals surface area contributed by atoms with E-state index in [2.05, 4.69) is 10.3 Å². The smallest absolute Gasteiger partial charge is 0.224 e. The number of hydrogen-bond donors (Lipinski definition) is 3. The molecule has 0 saturated heterocycles. The molecule has 0 aliphatic rings. The molecule has 0 aliphatic carbocycles. The maximum absolute atomic E-state index is 12.5. The van der Waals surface area contributed by atoms with Crippen LogP contribution in [0, 0.1) is 6.92 Å². The summed E-state index contributed by atoms with van der Waals surface area (Å²) in [5, 5.41) is 3.97. The Balaban J connectivity index is 1.77. The van der Waals surface area contributed by atoms with Gasteiger partial charge in [0.25, 0.3) is 0 Å². The van der Waals surface area contributed by atoms with E-state index in [0.29, 0.717) is 0 Å². The Morgan fingerprint density at radius 2 is 1.88 bits per heavy atom. The molecule has 3 aromatic rings. The molecule has 3 rings (SSSR count). The van der Waals surface area contributed by atoms with Crippen LogP contribution in [0.1, 0.15) is 29.2 Å². The molecule has 2 aromatic carbocycles. The Hall–Kier alpha value is -3.08. The van der Waals surface area contributed by atoms with Gasteiger partial charge in [0.1, 0.15) is 0 Å². The minimum atomic E-state index is -0.447. The number of fused-ring (bicyclic) bond motifs is 1. The fourth-order valence-electron chi connectivity index (χ4n) is 3.07. The summed E-state index contributed by atoms with van der Waals surface area (Å²) >= 11 is 0. The molecular formula is C20H21N3O2. The van der Waals surface area contributed by atoms with E-state index < -0.39 is 11.9 Å². The number of nitrogens with two attached hydrogens (primary N) is 1. The van der Waals surface area contributed by atoms with Crippen LogP contribution in [-0.2, 0) is 16.0 Å². The molecule has 1 atom stereocenters. The lowest BCUT2D eigenvalue weighted by molar-refractivity contribution is -0.122. The van der Waals surface area contributed by atoms with Crippen LogP contribution in [0.3, 0.4) is 0 Å². The number of benzene rings is 2. The highest BCUT2D eigenvalue weighted by atomic mass is 16.2. The lowest BCUT2D eigenvalue weighted by Crippen LogP contribution is -2.32. The second kappa shape index (κ2) is 7.21. The minimum Gasteiger partial charge on any atom is -0.370 e. The third-order valence-electron chi connectivity index (χ3n) is 4.30. The second-order valence-electron chi connectivity index (χ2n) is 6.19. The third kappa shape index (κ3) is 3.88. The zero-order chi connectivity index (χ0) is 17.8. The summed E-state index contributed by atoms with van der Waals surface area (Å²) in [4.78, 5) is 27.1. The van der Waals surface area contributed by atoms with Crippen LogP contribution in [0.25, 0.3) is 10.9 Å². The zero-order valence-electron chi connectivity index (χ0n) is 14.1. The number of primary amides is 1. The molecule has 1 heterocycles. The first-order valence-electron chi connectivity index (χ1n) is 8.23. The molecule has 0 fully saturated rings. The van der Waals surface area contributed by atoms with Crippen LogP contribution in [0.4, 0.5) is 0 Å². The highest BCUT2D eigenvalue weighted by molar-refractivity contribution is 5.90. The van der Waals surface area contributed by atoms with Crippen molar-refractivity contribution in [2.24, 2.45) is 5.73 Å². The molecule has 5 heteroatoms. The molecule has 2 amide bonds. The van der Waals surface area contributed by atoms with E-state index in [1.807, 2.05) is 61.7 Å². The first kappa shape index (κ1) is 16.8. The van der Waals surface area contributed by atoms with Gasteiger partial charge in [-0.25, -0.2) is 0 Å². The average molecular weight is 335 g/mol. The number of carbonyl (C=O) groups is 2. The van der Waals surface area contributed by atoms with Gasteiger partial charge in [0.05, 0.1) is 18.9 Å². The van der Waals surface area contributed by atoms with E-state index in [1.165, 1.54) is 0 Å². The molecule has 5 nitrogen and oxygen atoms in total. The van der Waals surface area contributed by atoms with Crippen molar-refractivity contribution in [2.45, 2.75) is 25.8 Å². The van der Waals surface area contributed by atoms with Gasteiger partial charge >= 0.3 is 0 Å². The Morgan fingerprint density at radius 3 is 2.60 bits per heavy atom. The highest BCUT2D eigenvalue weighted by Gasteiger charge is 2.18. The summed E-state index contributed by atoms with van der Waals surface area (Å²) in [5.41, 5.74) is 9.32. The number of para-hydroxylation sites is 1. The van der Waals surface area contributed by atoms with Gasteiger partial charge in [-0.3, -0.25) is 9.59 Å². The van der Waals surface area contributed by atoms with Crippen LogP contribution < -0.4 is 11.1 Å².